The van der Waals surface area contributed by atoms with Gasteiger partial charge in [0, 0.05) is 18.5 Å². The summed E-state index contributed by atoms with van der Waals surface area (Å²) in [5, 5.41) is 0. The van der Waals surface area contributed by atoms with E-state index in [2.05, 4.69) is 38.1 Å². The third kappa shape index (κ3) is 2.41. The Kier molecular flexibility index (Phi) is 3.71. The van der Waals surface area contributed by atoms with Crippen LogP contribution in [0.4, 0.5) is 0 Å². The van der Waals surface area contributed by atoms with E-state index in [1.54, 1.807) is 6.92 Å². The summed E-state index contributed by atoms with van der Waals surface area (Å²) < 4.78 is 0. The second-order valence-corrected chi connectivity index (χ2v) is 5.42. The third-order valence-electron chi connectivity index (χ3n) is 3.88. The van der Waals surface area contributed by atoms with Gasteiger partial charge in [0.1, 0.15) is 0 Å². The SMILES string of the molecule is Cc1ccccc1C1CC(C)N(C(=O)[C@@H](C)N)C1. The summed E-state index contributed by atoms with van der Waals surface area (Å²) in [5.74, 6) is 0.516. The van der Waals surface area contributed by atoms with Crippen LogP contribution in [-0.4, -0.2) is 29.4 Å². The van der Waals surface area contributed by atoms with Gasteiger partial charge in [-0.15, -0.1) is 0 Å². The number of benzene rings is 1. The van der Waals surface area contributed by atoms with E-state index in [1.807, 2.05) is 4.90 Å². The number of carbonyl (C=O) groups is 1. The zero-order chi connectivity index (χ0) is 13.3. The summed E-state index contributed by atoms with van der Waals surface area (Å²) in [7, 11) is 0. The Balaban J connectivity index is 2.16. The second-order valence-electron chi connectivity index (χ2n) is 5.42. The molecule has 1 amide bonds. The highest BCUT2D eigenvalue weighted by molar-refractivity contribution is 5.81. The molecule has 98 valence electrons. The van der Waals surface area contributed by atoms with E-state index in [0.29, 0.717) is 5.92 Å². The number of rotatable bonds is 2. The molecule has 2 rings (SSSR count). The van der Waals surface area contributed by atoms with Crippen LogP contribution in [0.25, 0.3) is 0 Å². The van der Waals surface area contributed by atoms with E-state index in [1.165, 1.54) is 11.1 Å². The minimum absolute atomic E-state index is 0.0681. The van der Waals surface area contributed by atoms with E-state index in [9.17, 15) is 4.79 Å². The summed E-state index contributed by atoms with van der Waals surface area (Å²) in [6.45, 7) is 6.80. The van der Waals surface area contributed by atoms with Crippen molar-refractivity contribution in [2.24, 2.45) is 5.73 Å². The largest absolute Gasteiger partial charge is 0.338 e. The smallest absolute Gasteiger partial charge is 0.239 e. The quantitative estimate of drug-likeness (QED) is 0.868. The molecule has 3 heteroatoms. The fourth-order valence-corrected chi connectivity index (χ4v) is 2.87. The van der Waals surface area contributed by atoms with Crippen LogP contribution in [0.15, 0.2) is 24.3 Å². The van der Waals surface area contributed by atoms with Crippen molar-refractivity contribution in [2.75, 3.05) is 6.54 Å². The Labute approximate surface area is 109 Å². The van der Waals surface area contributed by atoms with Crippen molar-refractivity contribution in [1.29, 1.82) is 0 Å². The topological polar surface area (TPSA) is 46.3 Å². The molecule has 1 aromatic carbocycles. The molecule has 1 aromatic rings. The predicted molar refractivity (Wildman–Crippen MR) is 73.4 cm³/mol. The number of nitrogens with two attached hydrogens (primary N) is 1. The van der Waals surface area contributed by atoms with Crippen molar-refractivity contribution >= 4 is 5.91 Å². The molecule has 0 aliphatic carbocycles. The molecule has 1 fully saturated rings. The van der Waals surface area contributed by atoms with Crippen molar-refractivity contribution in [1.82, 2.24) is 4.90 Å². The molecule has 2 N–H and O–H groups in total. The van der Waals surface area contributed by atoms with Crippen LogP contribution < -0.4 is 5.73 Å². The monoisotopic (exact) mass is 246 g/mol. The van der Waals surface area contributed by atoms with Gasteiger partial charge in [0.25, 0.3) is 0 Å². The average molecular weight is 246 g/mol. The van der Waals surface area contributed by atoms with Gasteiger partial charge in [-0.2, -0.15) is 0 Å². The lowest BCUT2D eigenvalue weighted by Crippen LogP contribution is -2.43. The minimum Gasteiger partial charge on any atom is -0.338 e. The van der Waals surface area contributed by atoms with Gasteiger partial charge in [0.05, 0.1) is 6.04 Å². The fourth-order valence-electron chi connectivity index (χ4n) is 2.87. The number of likely N-dealkylation sites (tertiary alicyclic amines) is 1. The molecule has 0 bridgehead atoms. The number of aryl methyl sites for hydroxylation is 1. The van der Waals surface area contributed by atoms with Gasteiger partial charge in [0.2, 0.25) is 5.91 Å². The Morgan fingerprint density at radius 2 is 2.11 bits per heavy atom. The number of hydrogen-bond acceptors (Lipinski definition) is 2. The van der Waals surface area contributed by atoms with Gasteiger partial charge in [-0.25, -0.2) is 0 Å². The number of amides is 1. The lowest BCUT2D eigenvalue weighted by Gasteiger charge is -2.23. The summed E-state index contributed by atoms with van der Waals surface area (Å²) >= 11 is 0. The van der Waals surface area contributed by atoms with Crippen molar-refractivity contribution < 1.29 is 4.79 Å². The van der Waals surface area contributed by atoms with Gasteiger partial charge >= 0.3 is 0 Å². The first-order chi connectivity index (χ1) is 8.50. The zero-order valence-electron chi connectivity index (χ0n) is 11.4. The molecule has 18 heavy (non-hydrogen) atoms. The maximum atomic E-state index is 12.0. The standard InChI is InChI=1S/C15H22N2O/c1-10-6-4-5-7-14(10)13-8-11(2)17(9-13)15(18)12(3)16/h4-7,11-13H,8-9,16H2,1-3H3/t11?,12-,13?/m1/s1. The molecule has 3 nitrogen and oxygen atoms in total. The van der Waals surface area contributed by atoms with Gasteiger partial charge in [0.15, 0.2) is 0 Å². The highest BCUT2D eigenvalue weighted by Crippen LogP contribution is 2.33. The Morgan fingerprint density at radius 3 is 2.72 bits per heavy atom. The van der Waals surface area contributed by atoms with Crippen molar-refractivity contribution in [3.05, 3.63) is 35.4 Å². The molecular weight excluding hydrogens is 224 g/mol. The maximum Gasteiger partial charge on any atom is 0.239 e. The Bertz CT molecular complexity index is 442. The van der Waals surface area contributed by atoms with Crippen LogP contribution in [0, 0.1) is 6.92 Å². The Morgan fingerprint density at radius 1 is 1.44 bits per heavy atom. The molecular formula is C15H22N2O. The van der Waals surface area contributed by atoms with E-state index >= 15 is 0 Å². The summed E-state index contributed by atoms with van der Waals surface area (Å²) in [6, 6.07) is 8.32. The van der Waals surface area contributed by atoms with Crippen LogP contribution in [-0.2, 0) is 4.79 Å². The van der Waals surface area contributed by atoms with E-state index in [-0.39, 0.29) is 11.9 Å². The summed E-state index contributed by atoms with van der Waals surface area (Å²) in [4.78, 5) is 14.0. The molecule has 1 aliphatic rings. The number of hydrogen-bond donors (Lipinski definition) is 1. The second kappa shape index (κ2) is 5.11. The number of nitrogens with zero attached hydrogens (tertiary/aromatic N) is 1. The number of carbonyl (C=O) groups excluding carboxylic acids is 1. The highest BCUT2D eigenvalue weighted by atomic mass is 16.2. The van der Waals surface area contributed by atoms with Gasteiger partial charge in [-0.3, -0.25) is 4.79 Å². The first-order valence-corrected chi connectivity index (χ1v) is 6.62. The van der Waals surface area contributed by atoms with Gasteiger partial charge in [-0.1, -0.05) is 24.3 Å². The molecule has 2 unspecified atom stereocenters. The van der Waals surface area contributed by atoms with Crippen LogP contribution in [0.1, 0.15) is 37.3 Å². The first kappa shape index (κ1) is 13.1. The van der Waals surface area contributed by atoms with E-state index < -0.39 is 6.04 Å². The van der Waals surface area contributed by atoms with Crippen LogP contribution in [0.3, 0.4) is 0 Å². The van der Waals surface area contributed by atoms with Crippen LogP contribution in [0.2, 0.25) is 0 Å². The molecule has 0 spiro atoms. The van der Waals surface area contributed by atoms with Gasteiger partial charge < -0.3 is 10.6 Å². The third-order valence-corrected chi connectivity index (χ3v) is 3.88. The molecule has 1 saturated heterocycles. The van der Waals surface area contributed by atoms with Crippen molar-refractivity contribution in [3.63, 3.8) is 0 Å². The fraction of sp³-hybridized carbons (Fsp3) is 0.533. The molecule has 3 atom stereocenters. The predicted octanol–water partition coefficient (Wildman–Crippen LogP) is 2.05. The molecule has 0 aromatic heterocycles. The van der Waals surface area contributed by atoms with Gasteiger partial charge in [-0.05, 0) is 38.3 Å². The van der Waals surface area contributed by atoms with Crippen LogP contribution in [0.5, 0.6) is 0 Å². The van der Waals surface area contributed by atoms with Crippen molar-refractivity contribution in [2.45, 2.75) is 45.2 Å². The van der Waals surface area contributed by atoms with E-state index in [0.717, 1.165) is 13.0 Å². The lowest BCUT2D eigenvalue weighted by atomic mass is 9.93. The Hall–Kier alpha value is -1.35. The molecule has 0 saturated carbocycles. The normalized spacial score (nSPS) is 25.2. The minimum atomic E-state index is -0.400. The van der Waals surface area contributed by atoms with Crippen molar-refractivity contribution in [3.8, 4) is 0 Å². The molecule has 1 heterocycles. The van der Waals surface area contributed by atoms with Crippen LogP contribution >= 0.6 is 0 Å². The maximum absolute atomic E-state index is 12.0. The first-order valence-electron chi connectivity index (χ1n) is 6.62. The lowest BCUT2D eigenvalue weighted by molar-refractivity contribution is -0.132. The summed E-state index contributed by atoms with van der Waals surface area (Å²) in [6.07, 6.45) is 1.03. The zero-order valence-corrected chi connectivity index (χ0v) is 11.4. The van der Waals surface area contributed by atoms with E-state index in [4.69, 9.17) is 5.73 Å². The highest BCUT2D eigenvalue weighted by Gasteiger charge is 2.34. The summed E-state index contributed by atoms with van der Waals surface area (Å²) in [5.41, 5.74) is 8.38. The molecule has 1 aliphatic heterocycles. The molecule has 0 radical (unpaired) electrons. The average Bonchev–Trinajstić information content (AvgIpc) is 2.70.